The quantitative estimate of drug-likeness (QED) is 0.490. The summed E-state index contributed by atoms with van der Waals surface area (Å²) in [5.74, 6) is 0.502. The third-order valence-electron chi connectivity index (χ3n) is 5.64. The average Bonchev–Trinajstić information content (AvgIpc) is 2.70. The summed E-state index contributed by atoms with van der Waals surface area (Å²) in [5, 5.41) is 50.9. The normalized spacial score (nSPS) is 16.7. The maximum atomic E-state index is 11.0. The monoisotopic (exact) mass is 410 g/mol. The van der Waals surface area contributed by atoms with Crippen molar-refractivity contribution in [1.29, 1.82) is 0 Å². The molecule has 3 rings (SSSR count). The first kappa shape index (κ1) is 21.9. The molecule has 0 radical (unpaired) electrons. The fourth-order valence-corrected chi connectivity index (χ4v) is 4.31. The molecule has 5 N–H and O–H groups in total. The van der Waals surface area contributed by atoms with Gasteiger partial charge in [-0.05, 0) is 48.5 Å². The van der Waals surface area contributed by atoms with E-state index in [0.717, 1.165) is 22.3 Å². The Bertz CT molecular complexity index is 1020. The van der Waals surface area contributed by atoms with Crippen molar-refractivity contribution in [3.8, 4) is 11.5 Å². The van der Waals surface area contributed by atoms with Gasteiger partial charge in [-0.25, -0.2) is 0 Å². The van der Waals surface area contributed by atoms with Gasteiger partial charge in [0.2, 0.25) is 0 Å². The van der Waals surface area contributed by atoms with Crippen LogP contribution in [0.3, 0.4) is 0 Å². The van der Waals surface area contributed by atoms with Gasteiger partial charge in [-0.15, -0.1) is 0 Å². The minimum Gasteiger partial charge on any atom is -0.508 e. The highest BCUT2D eigenvalue weighted by atomic mass is 16.3. The van der Waals surface area contributed by atoms with E-state index in [4.69, 9.17) is 0 Å². The molecule has 1 aliphatic rings. The summed E-state index contributed by atoms with van der Waals surface area (Å²) >= 11 is 0. The fourth-order valence-electron chi connectivity index (χ4n) is 4.31. The van der Waals surface area contributed by atoms with Crippen LogP contribution < -0.4 is 0 Å². The number of hydrogen-bond acceptors (Lipinski definition) is 5. The molecule has 5 heteroatoms. The van der Waals surface area contributed by atoms with Crippen LogP contribution in [0.25, 0.3) is 0 Å². The van der Waals surface area contributed by atoms with Gasteiger partial charge in [0.15, 0.2) is 0 Å². The van der Waals surface area contributed by atoms with Crippen molar-refractivity contribution in [3.05, 3.63) is 80.6 Å². The Morgan fingerprint density at radius 1 is 0.767 bits per heavy atom. The van der Waals surface area contributed by atoms with Crippen LogP contribution in [-0.4, -0.2) is 25.5 Å². The van der Waals surface area contributed by atoms with Crippen LogP contribution >= 0.6 is 0 Å². The van der Waals surface area contributed by atoms with E-state index in [9.17, 15) is 25.5 Å². The van der Waals surface area contributed by atoms with Gasteiger partial charge in [0.25, 0.3) is 0 Å². The van der Waals surface area contributed by atoms with E-state index in [1.54, 1.807) is 12.1 Å². The van der Waals surface area contributed by atoms with E-state index in [1.165, 1.54) is 0 Å². The highest BCUT2D eigenvalue weighted by Gasteiger charge is 2.23. The number of aliphatic hydroxyl groups excluding tert-OH is 3. The van der Waals surface area contributed by atoms with E-state index in [2.05, 4.69) is 6.92 Å². The lowest BCUT2D eigenvalue weighted by Crippen LogP contribution is -2.12. The minimum absolute atomic E-state index is 0.0560. The van der Waals surface area contributed by atoms with Crippen molar-refractivity contribution in [3.63, 3.8) is 0 Å². The second kappa shape index (κ2) is 8.94. The third-order valence-corrected chi connectivity index (χ3v) is 5.64. The van der Waals surface area contributed by atoms with Crippen molar-refractivity contribution in [2.45, 2.75) is 53.2 Å². The van der Waals surface area contributed by atoms with Gasteiger partial charge in [0.05, 0.1) is 13.2 Å². The van der Waals surface area contributed by atoms with Crippen LogP contribution in [0.15, 0.2) is 47.2 Å². The molecule has 5 nitrogen and oxygen atoms in total. The lowest BCUT2D eigenvalue weighted by Gasteiger charge is -2.23. The highest BCUT2D eigenvalue weighted by Crippen LogP contribution is 2.36. The van der Waals surface area contributed by atoms with Gasteiger partial charge >= 0.3 is 0 Å². The van der Waals surface area contributed by atoms with Gasteiger partial charge < -0.3 is 25.5 Å². The Kier molecular flexibility index (Phi) is 6.54. The molecule has 2 aromatic carbocycles. The topological polar surface area (TPSA) is 101 Å². The smallest absolute Gasteiger partial charge is 0.124 e. The first-order valence-electron chi connectivity index (χ1n) is 10.2. The minimum atomic E-state index is -0.247. The molecule has 0 saturated carbocycles. The number of aryl methyl sites for hydroxylation is 2. The molecule has 1 atom stereocenters. The predicted molar refractivity (Wildman–Crippen MR) is 116 cm³/mol. The molecule has 0 fully saturated rings. The van der Waals surface area contributed by atoms with E-state index >= 15 is 0 Å². The molecule has 0 aliphatic heterocycles. The summed E-state index contributed by atoms with van der Waals surface area (Å²) in [6, 6.07) is 7.23. The molecular formula is C25H30O5. The third kappa shape index (κ3) is 4.53. The van der Waals surface area contributed by atoms with Crippen LogP contribution in [0.4, 0.5) is 0 Å². The molecule has 0 heterocycles. The standard InChI is InChI=1S/C25H30O5/c1-14-4-17(10-19-6-15(2)8-21(12-26)24(19)29)23(28)18(5-14)11-20-7-16(3)9-22(13-27)25(20)30/h4,6-9,14,26-30H,5,10-13H2,1-3H3. The van der Waals surface area contributed by atoms with Gasteiger partial charge in [0, 0.05) is 24.0 Å². The maximum absolute atomic E-state index is 11.0. The number of benzene rings is 2. The van der Waals surface area contributed by atoms with Crippen LogP contribution in [0.2, 0.25) is 0 Å². The van der Waals surface area contributed by atoms with Crippen molar-refractivity contribution >= 4 is 0 Å². The van der Waals surface area contributed by atoms with E-state index in [0.29, 0.717) is 41.5 Å². The number of rotatable bonds is 6. The van der Waals surface area contributed by atoms with Crippen LogP contribution in [0.5, 0.6) is 11.5 Å². The summed E-state index contributed by atoms with van der Waals surface area (Å²) in [4.78, 5) is 0. The molecule has 0 bridgehead atoms. The van der Waals surface area contributed by atoms with Crippen LogP contribution in [-0.2, 0) is 26.1 Å². The lowest BCUT2D eigenvalue weighted by molar-refractivity contribution is 0.274. The number of aliphatic hydroxyl groups is 3. The van der Waals surface area contributed by atoms with Crippen LogP contribution in [0, 0.1) is 19.8 Å². The molecule has 2 aromatic rings. The van der Waals surface area contributed by atoms with Crippen molar-refractivity contribution in [2.75, 3.05) is 0 Å². The SMILES string of the molecule is Cc1cc(CO)c(O)c(CC2=CC(C)CC(Cc3cc(C)cc(CO)c3O)=C2O)c1. The van der Waals surface area contributed by atoms with Crippen molar-refractivity contribution in [1.82, 2.24) is 0 Å². The molecule has 0 amide bonds. The number of allylic oxidation sites excluding steroid dienone is 3. The van der Waals surface area contributed by atoms with Gasteiger partial charge in [0.1, 0.15) is 17.3 Å². The molecule has 0 aromatic heterocycles. The summed E-state index contributed by atoms with van der Waals surface area (Å²) in [6.07, 6.45) is 3.41. The van der Waals surface area contributed by atoms with Gasteiger partial charge in [-0.1, -0.05) is 48.4 Å². The molecule has 1 unspecified atom stereocenters. The lowest BCUT2D eigenvalue weighted by atomic mass is 9.84. The number of hydrogen-bond donors (Lipinski definition) is 5. The zero-order valence-electron chi connectivity index (χ0n) is 17.7. The van der Waals surface area contributed by atoms with E-state index in [-0.39, 0.29) is 36.4 Å². The predicted octanol–water partition coefficient (Wildman–Crippen LogP) is 4.26. The number of phenols is 2. The summed E-state index contributed by atoms with van der Waals surface area (Å²) < 4.78 is 0. The first-order valence-corrected chi connectivity index (χ1v) is 10.2. The summed E-state index contributed by atoms with van der Waals surface area (Å²) in [5.41, 5.74) is 5.70. The highest BCUT2D eigenvalue weighted by molar-refractivity contribution is 5.50. The second-order valence-corrected chi connectivity index (χ2v) is 8.36. The van der Waals surface area contributed by atoms with E-state index < -0.39 is 0 Å². The summed E-state index contributed by atoms with van der Waals surface area (Å²) in [6.45, 7) is 5.39. The Balaban J connectivity index is 1.95. The summed E-state index contributed by atoms with van der Waals surface area (Å²) in [7, 11) is 0. The van der Waals surface area contributed by atoms with Crippen LogP contribution in [0.1, 0.15) is 46.7 Å². The Morgan fingerprint density at radius 2 is 1.23 bits per heavy atom. The van der Waals surface area contributed by atoms with Gasteiger partial charge in [-0.3, -0.25) is 0 Å². The number of aromatic hydroxyl groups is 2. The fraction of sp³-hybridized carbons (Fsp3) is 0.360. The largest absolute Gasteiger partial charge is 0.508 e. The van der Waals surface area contributed by atoms with Crippen molar-refractivity contribution in [2.24, 2.45) is 5.92 Å². The van der Waals surface area contributed by atoms with Gasteiger partial charge in [-0.2, -0.15) is 0 Å². The Morgan fingerprint density at radius 3 is 1.73 bits per heavy atom. The zero-order valence-corrected chi connectivity index (χ0v) is 17.7. The first-order chi connectivity index (χ1) is 14.2. The second-order valence-electron chi connectivity index (χ2n) is 8.36. The molecule has 160 valence electrons. The molecule has 1 aliphatic carbocycles. The van der Waals surface area contributed by atoms with Crippen molar-refractivity contribution < 1.29 is 25.5 Å². The molecular weight excluding hydrogens is 380 g/mol. The zero-order chi connectivity index (χ0) is 22.0. The molecule has 0 spiro atoms. The molecule has 30 heavy (non-hydrogen) atoms. The molecule has 0 saturated heterocycles. The average molecular weight is 411 g/mol. The maximum Gasteiger partial charge on any atom is 0.124 e. The Labute approximate surface area is 177 Å². The van der Waals surface area contributed by atoms with E-state index in [1.807, 2.05) is 32.1 Å². The Hall–Kier alpha value is -2.76.